The first-order valence-corrected chi connectivity index (χ1v) is 4.17. The highest BCUT2D eigenvalue weighted by atomic mass is 16.5. The molecule has 0 spiro atoms. The second-order valence-electron chi connectivity index (χ2n) is 2.67. The average molecular weight is 187 g/mol. The molecule has 0 amide bonds. The lowest BCUT2D eigenvalue weighted by molar-refractivity contribution is 0.380. The molecule has 0 bridgehead atoms. The molecular formula is C10H9N3O. The molecule has 0 saturated carbocycles. The summed E-state index contributed by atoms with van der Waals surface area (Å²) in [6, 6.07) is 5.99. The highest BCUT2D eigenvalue weighted by molar-refractivity contribution is 5.57. The molecule has 0 aliphatic rings. The fraction of sp³-hybridized carbons (Fsp3) is 0.100. The molecule has 0 aromatic carbocycles. The van der Waals surface area contributed by atoms with E-state index in [0.717, 1.165) is 11.3 Å². The quantitative estimate of drug-likeness (QED) is 0.715. The van der Waals surface area contributed by atoms with Crippen molar-refractivity contribution in [2.75, 3.05) is 7.11 Å². The molecule has 0 N–H and O–H groups in total. The largest absolute Gasteiger partial charge is 0.467 e. The number of hydrogen-bond acceptors (Lipinski definition) is 4. The number of pyridine rings is 1. The Morgan fingerprint density at radius 2 is 2.14 bits per heavy atom. The number of aromatic nitrogens is 3. The lowest BCUT2D eigenvalue weighted by atomic mass is 10.2. The molecule has 0 fully saturated rings. The smallest absolute Gasteiger partial charge is 0.316 e. The van der Waals surface area contributed by atoms with Gasteiger partial charge in [-0.05, 0) is 18.2 Å². The molecule has 4 heteroatoms. The SMILES string of the molecule is COc1nccc(-c2cccnc2)n1. The van der Waals surface area contributed by atoms with Crippen LogP contribution in [0.4, 0.5) is 0 Å². The Balaban J connectivity index is 2.42. The molecule has 0 atom stereocenters. The minimum Gasteiger partial charge on any atom is -0.467 e. The fourth-order valence-electron chi connectivity index (χ4n) is 1.11. The lowest BCUT2D eigenvalue weighted by Gasteiger charge is -2.01. The van der Waals surface area contributed by atoms with E-state index in [1.165, 1.54) is 0 Å². The summed E-state index contributed by atoms with van der Waals surface area (Å²) in [5.41, 5.74) is 1.76. The Morgan fingerprint density at radius 3 is 2.86 bits per heavy atom. The second kappa shape index (κ2) is 3.83. The van der Waals surface area contributed by atoms with Gasteiger partial charge in [0.1, 0.15) is 0 Å². The third-order valence-electron chi connectivity index (χ3n) is 1.77. The van der Waals surface area contributed by atoms with E-state index < -0.39 is 0 Å². The van der Waals surface area contributed by atoms with Crippen molar-refractivity contribution in [3.8, 4) is 17.3 Å². The number of nitrogens with zero attached hydrogens (tertiary/aromatic N) is 3. The van der Waals surface area contributed by atoms with Crippen LogP contribution in [-0.4, -0.2) is 22.1 Å². The molecule has 0 radical (unpaired) electrons. The number of hydrogen-bond donors (Lipinski definition) is 0. The minimum atomic E-state index is 0.367. The second-order valence-corrected chi connectivity index (χ2v) is 2.67. The van der Waals surface area contributed by atoms with Gasteiger partial charge in [0, 0.05) is 24.2 Å². The summed E-state index contributed by atoms with van der Waals surface area (Å²) < 4.78 is 4.93. The van der Waals surface area contributed by atoms with Crippen LogP contribution in [0.15, 0.2) is 36.8 Å². The van der Waals surface area contributed by atoms with Gasteiger partial charge < -0.3 is 4.74 Å². The molecule has 2 rings (SSSR count). The van der Waals surface area contributed by atoms with Crippen LogP contribution in [-0.2, 0) is 0 Å². The Labute approximate surface area is 81.6 Å². The number of methoxy groups -OCH3 is 1. The van der Waals surface area contributed by atoms with Gasteiger partial charge in [-0.3, -0.25) is 4.98 Å². The van der Waals surface area contributed by atoms with E-state index in [1.54, 1.807) is 25.7 Å². The van der Waals surface area contributed by atoms with E-state index in [1.807, 2.05) is 18.2 Å². The highest BCUT2D eigenvalue weighted by Gasteiger charge is 2.00. The van der Waals surface area contributed by atoms with Crippen molar-refractivity contribution in [3.05, 3.63) is 36.8 Å². The summed E-state index contributed by atoms with van der Waals surface area (Å²) in [6.07, 6.45) is 5.14. The molecular weight excluding hydrogens is 178 g/mol. The van der Waals surface area contributed by atoms with E-state index in [2.05, 4.69) is 15.0 Å². The van der Waals surface area contributed by atoms with Crippen LogP contribution in [0.5, 0.6) is 6.01 Å². The van der Waals surface area contributed by atoms with Gasteiger partial charge in [0.05, 0.1) is 12.8 Å². The van der Waals surface area contributed by atoms with Gasteiger partial charge in [-0.25, -0.2) is 4.98 Å². The maximum Gasteiger partial charge on any atom is 0.316 e. The topological polar surface area (TPSA) is 47.9 Å². The predicted octanol–water partition coefficient (Wildman–Crippen LogP) is 1.55. The zero-order valence-electron chi connectivity index (χ0n) is 7.71. The Kier molecular flexibility index (Phi) is 2.36. The van der Waals surface area contributed by atoms with Gasteiger partial charge in [-0.15, -0.1) is 0 Å². The number of ether oxygens (including phenoxy) is 1. The van der Waals surface area contributed by atoms with Crippen LogP contribution < -0.4 is 4.74 Å². The van der Waals surface area contributed by atoms with Gasteiger partial charge in [0.2, 0.25) is 0 Å². The summed E-state index contributed by atoms with van der Waals surface area (Å²) in [5.74, 6) is 0. The van der Waals surface area contributed by atoms with Gasteiger partial charge in [0.15, 0.2) is 0 Å². The van der Waals surface area contributed by atoms with Crippen molar-refractivity contribution >= 4 is 0 Å². The molecule has 14 heavy (non-hydrogen) atoms. The normalized spacial score (nSPS) is 9.79. The summed E-state index contributed by atoms with van der Waals surface area (Å²) in [7, 11) is 1.54. The van der Waals surface area contributed by atoms with E-state index in [-0.39, 0.29) is 0 Å². The van der Waals surface area contributed by atoms with Gasteiger partial charge >= 0.3 is 6.01 Å². The number of rotatable bonds is 2. The Morgan fingerprint density at radius 1 is 1.21 bits per heavy atom. The average Bonchev–Trinajstić information content (AvgIpc) is 2.30. The first-order chi connectivity index (χ1) is 6.90. The van der Waals surface area contributed by atoms with Crippen LogP contribution >= 0.6 is 0 Å². The van der Waals surface area contributed by atoms with Crippen molar-refractivity contribution in [3.63, 3.8) is 0 Å². The molecule has 2 aromatic heterocycles. The molecule has 0 saturated heterocycles. The molecule has 70 valence electrons. The lowest BCUT2D eigenvalue weighted by Crippen LogP contribution is -1.92. The van der Waals surface area contributed by atoms with Crippen LogP contribution in [0.1, 0.15) is 0 Å². The van der Waals surface area contributed by atoms with E-state index in [9.17, 15) is 0 Å². The molecule has 0 aliphatic carbocycles. The predicted molar refractivity (Wildman–Crippen MR) is 51.8 cm³/mol. The zero-order valence-corrected chi connectivity index (χ0v) is 7.71. The van der Waals surface area contributed by atoms with E-state index >= 15 is 0 Å². The fourth-order valence-corrected chi connectivity index (χ4v) is 1.11. The third-order valence-corrected chi connectivity index (χ3v) is 1.77. The van der Waals surface area contributed by atoms with Gasteiger partial charge in [-0.1, -0.05) is 0 Å². The summed E-state index contributed by atoms with van der Waals surface area (Å²) in [5, 5.41) is 0. The minimum absolute atomic E-state index is 0.367. The van der Waals surface area contributed by atoms with Gasteiger partial charge in [0.25, 0.3) is 0 Å². The van der Waals surface area contributed by atoms with Crippen LogP contribution in [0.3, 0.4) is 0 Å². The summed E-state index contributed by atoms with van der Waals surface area (Å²) >= 11 is 0. The van der Waals surface area contributed by atoms with Crippen molar-refractivity contribution in [2.24, 2.45) is 0 Å². The Hall–Kier alpha value is -1.97. The van der Waals surface area contributed by atoms with Crippen molar-refractivity contribution in [1.29, 1.82) is 0 Å². The first-order valence-electron chi connectivity index (χ1n) is 4.17. The molecule has 0 unspecified atom stereocenters. The molecule has 4 nitrogen and oxygen atoms in total. The molecule has 2 aromatic rings. The molecule has 0 aliphatic heterocycles. The maximum absolute atomic E-state index is 4.93. The van der Waals surface area contributed by atoms with Crippen molar-refractivity contribution < 1.29 is 4.74 Å². The molecule has 2 heterocycles. The highest BCUT2D eigenvalue weighted by Crippen LogP contribution is 2.15. The van der Waals surface area contributed by atoms with E-state index in [0.29, 0.717) is 6.01 Å². The zero-order chi connectivity index (χ0) is 9.80. The van der Waals surface area contributed by atoms with E-state index in [4.69, 9.17) is 4.74 Å². The monoisotopic (exact) mass is 187 g/mol. The summed E-state index contributed by atoms with van der Waals surface area (Å²) in [4.78, 5) is 12.1. The Bertz CT molecular complexity index is 417. The van der Waals surface area contributed by atoms with Crippen LogP contribution in [0.2, 0.25) is 0 Å². The summed E-state index contributed by atoms with van der Waals surface area (Å²) in [6.45, 7) is 0. The maximum atomic E-state index is 4.93. The van der Waals surface area contributed by atoms with Crippen LogP contribution in [0.25, 0.3) is 11.3 Å². The van der Waals surface area contributed by atoms with Crippen LogP contribution in [0, 0.1) is 0 Å². The third kappa shape index (κ3) is 1.69. The van der Waals surface area contributed by atoms with Crippen molar-refractivity contribution in [1.82, 2.24) is 15.0 Å². The van der Waals surface area contributed by atoms with Crippen molar-refractivity contribution in [2.45, 2.75) is 0 Å². The van der Waals surface area contributed by atoms with Gasteiger partial charge in [-0.2, -0.15) is 4.98 Å². The standard InChI is InChI=1S/C10H9N3O/c1-14-10-12-6-4-9(13-10)8-3-2-5-11-7-8/h2-7H,1H3. The first kappa shape index (κ1) is 8.62.